The molecule has 1 atom stereocenters. The number of halogens is 1. The average Bonchev–Trinajstić information content (AvgIpc) is 2.83. The van der Waals surface area contributed by atoms with Crippen molar-refractivity contribution in [2.24, 2.45) is 0 Å². The Hall–Kier alpha value is -2.11. The molecule has 122 valence electrons. The van der Waals surface area contributed by atoms with Crippen LogP contribution in [-0.4, -0.2) is 22.5 Å². The minimum Gasteiger partial charge on any atom is -0.466 e. The molecule has 5 nitrogen and oxygen atoms in total. The first-order valence-corrected chi connectivity index (χ1v) is 7.53. The minimum absolute atomic E-state index is 0.0765. The normalized spacial score (nSPS) is 14.0. The number of amides is 1. The molecule has 1 amide bonds. The first-order chi connectivity index (χ1) is 10.8. The Morgan fingerprint density at radius 2 is 2.22 bits per heavy atom. The smallest absolute Gasteiger partial charge is 0.244 e. The Balaban J connectivity index is 1.97. The first kappa shape index (κ1) is 17.2. The van der Waals surface area contributed by atoms with Crippen LogP contribution in [0.15, 0.2) is 34.9 Å². The van der Waals surface area contributed by atoms with Crippen molar-refractivity contribution in [3.8, 4) is 0 Å². The summed E-state index contributed by atoms with van der Waals surface area (Å²) < 4.78 is 5.42. The van der Waals surface area contributed by atoms with Crippen molar-refractivity contribution in [3.05, 3.63) is 58.3 Å². The lowest BCUT2D eigenvalue weighted by Gasteiger charge is -2.22. The van der Waals surface area contributed by atoms with E-state index in [-0.39, 0.29) is 12.5 Å². The van der Waals surface area contributed by atoms with Crippen LogP contribution in [0.2, 0.25) is 5.15 Å². The Kier molecular flexibility index (Phi) is 5.23. The molecule has 0 radical (unpaired) electrons. The van der Waals surface area contributed by atoms with Gasteiger partial charge in [0.05, 0.1) is 6.54 Å². The molecule has 1 unspecified atom stereocenters. The second-order valence-corrected chi connectivity index (χ2v) is 5.95. The van der Waals surface area contributed by atoms with Gasteiger partial charge in [0.15, 0.2) is 0 Å². The highest BCUT2D eigenvalue weighted by Crippen LogP contribution is 2.26. The van der Waals surface area contributed by atoms with E-state index in [4.69, 9.17) is 16.0 Å². The van der Waals surface area contributed by atoms with Crippen LogP contribution in [0.3, 0.4) is 0 Å². The quantitative estimate of drug-likeness (QED) is 0.651. The SMILES string of the molecule is Cc1cc(C(C)(O)CNC(=O)/C=C/c2ccnc(Cl)c2)c(C)o1. The van der Waals surface area contributed by atoms with Crippen LogP contribution in [0.25, 0.3) is 6.08 Å². The Morgan fingerprint density at radius 3 is 2.83 bits per heavy atom. The van der Waals surface area contributed by atoms with E-state index in [0.29, 0.717) is 16.5 Å². The summed E-state index contributed by atoms with van der Waals surface area (Å²) in [4.78, 5) is 15.8. The maximum absolute atomic E-state index is 11.9. The van der Waals surface area contributed by atoms with E-state index in [9.17, 15) is 9.90 Å². The van der Waals surface area contributed by atoms with Crippen molar-refractivity contribution in [1.29, 1.82) is 0 Å². The zero-order valence-corrected chi connectivity index (χ0v) is 14.0. The summed E-state index contributed by atoms with van der Waals surface area (Å²) >= 11 is 5.78. The maximum atomic E-state index is 11.9. The summed E-state index contributed by atoms with van der Waals surface area (Å²) in [6.07, 6.45) is 4.58. The topological polar surface area (TPSA) is 75.4 Å². The van der Waals surface area contributed by atoms with Crippen LogP contribution in [0, 0.1) is 13.8 Å². The molecule has 6 heteroatoms. The highest BCUT2D eigenvalue weighted by atomic mass is 35.5. The predicted octanol–water partition coefficient (Wildman–Crippen LogP) is 2.98. The molecule has 0 saturated carbocycles. The number of nitrogens with one attached hydrogen (secondary N) is 1. The van der Waals surface area contributed by atoms with Gasteiger partial charge in [0.2, 0.25) is 5.91 Å². The molecule has 2 aromatic heterocycles. The lowest BCUT2D eigenvalue weighted by atomic mass is 9.96. The summed E-state index contributed by atoms with van der Waals surface area (Å²) in [5.74, 6) is 1.05. The number of carbonyl (C=O) groups is 1. The standard InChI is InChI=1S/C17H19ClN2O3/c1-11-8-14(12(2)23-11)17(3,22)10-20-16(21)5-4-13-6-7-19-15(18)9-13/h4-9,22H,10H2,1-3H3,(H,20,21)/b5-4+. The van der Waals surface area contributed by atoms with Gasteiger partial charge in [-0.15, -0.1) is 0 Å². The Labute approximate surface area is 140 Å². The van der Waals surface area contributed by atoms with E-state index < -0.39 is 5.60 Å². The largest absolute Gasteiger partial charge is 0.466 e. The highest BCUT2D eigenvalue weighted by Gasteiger charge is 2.27. The fourth-order valence-electron chi connectivity index (χ4n) is 2.27. The van der Waals surface area contributed by atoms with Crippen LogP contribution in [0.1, 0.15) is 29.6 Å². The van der Waals surface area contributed by atoms with E-state index in [2.05, 4.69) is 10.3 Å². The molecule has 0 bridgehead atoms. The average molecular weight is 335 g/mol. The summed E-state index contributed by atoms with van der Waals surface area (Å²) in [5, 5.41) is 13.6. The van der Waals surface area contributed by atoms with Crippen molar-refractivity contribution in [1.82, 2.24) is 10.3 Å². The molecule has 2 heterocycles. The number of pyridine rings is 1. The minimum atomic E-state index is -1.20. The van der Waals surface area contributed by atoms with Crippen LogP contribution < -0.4 is 5.32 Å². The van der Waals surface area contributed by atoms with Gasteiger partial charge in [-0.3, -0.25) is 4.79 Å². The molecule has 0 aliphatic carbocycles. The summed E-state index contributed by atoms with van der Waals surface area (Å²) in [7, 11) is 0. The molecule has 2 N–H and O–H groups in total. The fraction of sp³-hybridized carbons (Fsp3) is 0.294. The zero-order chi connectivity index (χ0) is 17.0. The van der Waals surface area contributed by atoms with Crippen molar-refractivity contribution < 1.29 is 14.3 Å². The van der Waals surface area contributed by atoms with Gasteiger partial charge in [-0.1, -0.05) is 11.6 Å². The van der Waals surface area contributed by atoms with Crippen molar-refractivity contribution >= 4 is 23.6 Å². The molecule has 2 rings (SSSR count). The second kappa shape index (κ2) is 6.98. The third kappa shape index (κ3) is 4.68. The van der Waals surface area contributed by atoms with Crippen LogP contribution in [-0.2, 0) is 10.4 Å². The molecule has 2 aromatic rings. The molecular formula is C17H19ClN2O3. The number of aryl methyl sites for hydroxylation is 2. The first-order valence-electron chi connectivity index (χ1n) is 7.15. The van der Waals surface area contributed by atoms with Gasteiger partial charge in [0, 0.05) is 17.8 Å². The molecule has 0 spiro atoms. The summed E-state index contributed by atoms with van der Waals surface area (Å²) in [6, 6.07) is 5.17. The number of hydrogen-bond donors (Lipinski definition) is 2. The molecular weight excluding hydrogens is 316 g/mol. The number of hydrogen-bond acceptors (Lipinski definition) is 4. The van der Waals surface area contributed by atoms with Crippen LogP contribution in [0.4, 0.5) is 0 Å². The van der Waals surface area contributed by atoms with Gasteiger partial charge in [-0.25, -0.2) is 4.98 Å². The summed E-state index contributed by atoms with van der Waals surface area (Å²) in [6.45, 7) is 5.31. The molecule has 23 heavy (non-hydrogen) atoms. The van der Waals surface area contributed by atoms with E-state index in [1.165, 1.54) is 6.08 Å². The third-order valence-corrected chi connectivity index (χ3v) is 3.61. The van der Waals surface area contributed by atoms with E-state index in [1.807, 2.05) is 6.92 Å². The number of nitrogens with zero attached hydrogens (tertiary/aromatic N) is 1. The van der Waals surface area contributed by atoms with Crippen LogP contribution in [0.5, 0.6) is 0 Å². The lowest BCUT2D eigenvalue weighted by Crippen LogP contribution is -2.38. The van der Waals surface area contributed by atoms with Gasteiger partial charge < -0.3 is 14.8 Å². The van der Waals surface area contributed by atoms with Crippen molar-refractivity contribution in [2.45, 2.75) is 26.4 Å². The molecule has 0 fully saturated rings. The third-order valence-electron chi connectivity index (χ3n) is 3.41. The van der Waals surface area contributed by atoms with E-state index >= 15 is 0 Å². The molecule has 0 aliphatic rings. The van der Waals surface area contributed by atoms with Crippen LogP contribution >= 0.6 is 11.6 Å². The number of aromatic nitrogens is 1. The number of rotatable bonds is 5. The predicted molar refractivity (Wildman–Crippen MR) is 89.0 cm³/mol. The van der Waals surface area contributed by atoms with Crippen molar-refractivity contribution in [2.75, 3.05) is 6.54 Å². The monoisotopic (exact) mass is 334 g/mol. The van der Waals surface area contributed by atoms with Gasteiger partial charge in [0.1, 0.15) is 22.3 Å². The zero-order valence-electron chi connectivity index (χ0n) is 13.3. The Morgan fingerprint density at radius 1 is 1.48 bits per heavy atom. The van der Waals surface area contributed by atoms with Crippen molar-refractivity contribution in [3.63, 3.8) is 0 Å². The molecule has 0 aromatic carbocycles. The maximum Gasteiger partial charge on any atom is 0.244 e. The number of carbonyl (C=O) groups excluding carboxylic acids is 1. The highest BCUT2D eigenvalue weighted by molar-refractivity contribution is 6.29. The number of furan rings is 1. The molecule has 0 aliphatic heterocycles. The van der Waals surface area contributed by atoms with Gasteiger partial charge in [-0.05, 0) is 50.6 Å². The Bertz CT molecular complexity index is 735. The van der Waals surface area contributed by atoms with Gasteiger partial charge in [-0.2, -0.15) is 0 Å². The molecule has 0 saturated heterocycles. The van der Waals surface area contributed by atoms with E-state index in [0.717, 1.165) is 11.3 Å². The lowest BCUT2D eigenvalue weighted by molar-refractivity contribution is -0.117. The number of aliphatic hydroxyl groups is 1. The van der Waals surface area contributed by atoms with Gasteiger partial charge in [0.25, 0.3) is 0 Å². The van der Waals surface area contributed by atoms with E-state index in [1.54, 1.807) is 44.3 Å². The van der Waals surface area contributed by atoms with Gasteiger partial charge >= 0.3 is 0 Å². The fourth-order valence-corrected chi connectivity index (χ4v) is 2.45. The second-order valence-electron chi connectivity index (χ2n) is 5.56. The summed E-state index contributed by atoms with van der Waals surface area (Å²) in [5.41, 5.74) is 0.235.